The molecule has 0 aromatic heterocycles. The highest BCUT2D eigenvalue weighted by atomic mass is 35.5. The van der Waals surface area contributed by atoms with E-state index >= 15 is 0 Å². The predicted molar refractivity (Wildman–Crippen MR) is 143 cm³/mol. The summed E-state index contributed by atoms with van der Waals surface area (Å²) in [7, 11) is 0. The molecule has 39 heavy (non-hydrogen) atoms. The molecule has 1 aliphatic rings. The molecule has 0 unspecified atom stereocenters. The summed E-state index contributed by atoms with van der Waals surface area (Å²) in [6, 6.07) is 21.1. The number of carbonyl (C=O) groups excluding carboxylic acids is 3. The Kier molecular flexibility index (Phi) is 7.02. The SMILES string of the molecule is O=C(OCc1ccc(Oc2ccc([N+](=O)[O-])cc2)cc1)c1ccccc1N1C(=O)c2cc(Cl)c(Cl)cc2C1=O. The first-order chi connectivity index (χ1) is 18.7. The second kappa shape index (κ2) is 10.6. The first-order valence-electron chi connectivity index (χ1n) is 11.4. The number of rotatable bonds is 7. The van der Waals surface area contributed by atoms with Gasteiger partial charge in [-0.3, -0.25) is 19.7 Å². The Hall–Kier alpha value is -4.73. The lowest BCUT2D eigenvalue weighted by molar-refractivity contribution is -0.384. The van der Waals surface area contributed by atoms with Crippen LogP contribution in [0.2, 0.25) is 10.0 Å². The van der Waals surface area contributed by atoms with Crippen LogP contribution in [0, 0.1) is 10.1 Å². The third-order valence-electron chi connectivity index (χ3n) is 5.87. The van der Waals surface area contributed by atoms with E-state index in [4.69, 9.17) is 32.7 Å². The zero-order chi connectivity index (χ0) is 27.7. The molecule has 4 aromatic carbocycles. The van der Waals surface area contributed by atoms with Crippen LogP contribution in [0.15, 0.2) is 84.9 Å². The van der Waals surface area contributed by atoms with Gasteiger partial charge >= 0.3 is 5.97 Å². The molecule has 0 radical (unpaired) electrons. The van der Waals surface area contributed by atoms with E-state index in [1.54, 1.807) is 36.4 Å². The second-order valence-corrected chi connectivity index (χ2v) is 9.16. The van der Waals surface area contributed by atoms with Gasteiger partial charge < -0.3 is 9.47 Å². The first kappa shape index (κ1) is 25.9. The quantitative estimate of drug-likeness (QED) is 0.104. The smallest absolute Gasteiger partial charge is 0.340 e. The number of anilines is 1. The number of benzene rings is 4. The van der Waals surface area contributed by atoms with Crippen molar-refractivity contribution in [3.05, 3.63) is 127 Å². The van der Waals surface area contributed by atoms with Crippen molar-refractivity contribution in [2.75, 3.05) is 4.90 Å². The van der Waals surface area contributed by atoms with E-state index in [0.717, 1.165) is 4.90 Å². The number of halogens is 2. The Morgan fingerprint density at radius 3 is 1.92 bits per heavy atom. The lowest BCUT2D eigenvalue weighted by Gasteiger charge is -2.17. The minimum absolute atomic E-state index is 0.0299. The highest BCUT2D eigenvalue weighted by Gasteiger charge is 2.39. The molecule has 0 saturated heterocycles. The van der Waals surface area contributed by atoms with Gasteiger partial charge in [-0.2, -0.15) is 0 Å². The van der Waals surface area contributed by atoms with Crippen molar-refractivity contribution in [1.82, 2.24) is 0 Å². The van der Waals surface area contributed by atoms with Gasteiger partial charge in [-0.05, 0) is 54.1 Å². The molecule has 2 amide bonds. The number of esters is 1. The van der Waals surface area contributed by atoms with Crippen LogP contribution in [0.5, 0.6) is 11.5 Å². The number of nitrogens with zero attached hydrogens (tertiary/aromatic N) is 2. The molecule has 0 bridgehead atoms. The summed E-state index contributed by atoms with van der Waals surface area (Å²) < 4.78 is 11.1. The highest BCUT2D eigenvalue weighted by Crippen LogP contribution is 2.35. The molecule has 4 aromatic rings. The predicted octanol–water partition coefficient (Wildman–Crippen LogP) is 6.85. The summed E-state index contributed by atoms with van der Waals surface area (Å²) >= 11 is 12.1. The Balaban J connectivity index is 1.27. The van der Waals surface area contributed by atoms with Crippen LogP contribution >= 0.6 is 23.2 Å². The highest BCUT2D eigenvalue weighted by molar-refractivity contribution is 6.44. The third-order valence-corrected chi connectivity index (χ3v) is 6.59. The largest absolute Gasteiger partial charge is 0.457 e. The molecule has 0 saturated carbocycles. The lowest BCUT2D eigenvalue weighted by atomic mass is 10.1. The number of ether oxygens (including phenoxy) is 2. The van der Waals surface area contributed by atoms with E-state index in [2.05, 4.69) is 0 Å². The van der Waals surface area contributed by atoms with Crippen LogP contribution in [0.25, 0.3) is 0 Å². The zero-order valence-corrected chi connectivity index (χ0v) is 21.3. The van der Waals surface area contributed by atoms with Gasteiger partial charge in [0, 0.05) is 12.1 Å². The van der Waals surface area contributed by atoms with Crippen molar-refractivity contribution in [2.24, 2.45) is 0 Å². The number of non-ortho nitro benzene ring substituents is 1. The zero-order valence-electron chi connectivity index (χ0n) is 19.8. The van der Waals surface area contributed by atoms with Gasteiger partial charge in [0.25, 0.3) is 17.5 Å². The molecule has 1 aliphatic heterocycles. The van der Waals surface area contributed by atoms with Crippen molar-refractivity contribution in [2.45, 2.75) is 6.61 Å². The fourth-order valence-electron chi connectivity index (χ4n) is 3.95. The van der Waals surface area contributed by atoms with Crippen LogP contribution in [0.4, 0.5) is 11.4 Å². The second-order valence-electron chi connectivity index (χ2n) is 8.35. The summed E-state index contributed by atoms with van der Waals surface area (Å²) in [5.74, 6) is -1.08. The van der Waals surface area contributed by atoms with E-state index in [9.17, 15) is 24.5 Å². The van der Waals surface area contributed by atoms with E-state index in [1.165, 1.54) is 48.5 Å². The van der Waals surface area contributed by atoms with Gasteiger partial charge in [0.05, 0.1) is 37.3 Å². The van der Waals surface area contributed by atoms with Crippen LogP contribution in [0.3, 0.4) is 0 Å². The van der Waals surface area contributed by atoms with E-state index in [0.29, 0.717) is 17.1 Å². The Labute approximate surface area is 231 Å². The molecular formula is C28H16Cl2N2O7. The number of imide groups is 1. The van der Waals surface area contributed by atoms with Crippen LogP contribution in [0.1, 0.15) is 36.6 Å². The number of fused-ring (bicyclic) bond motifs is 1. The number of carbonyl (C=O) groups is 3. The summed E-state index contributed by atoms with van der Waals surface area (Å²) in [6.07, 6.45) is 0. The lowest BCUT2D eigenvalue weighted by Crippen LogP contribution is -2.31. The number of nitro groups is 1. The van der Waals surface area contributed by atoms with Gasteiger partial charge in [0.1, 0.15) is 18.1 Å². The maximum atomic E-state index is 13.0. The first-order valence-corrected chi connectivity index (χ1v) is 12.1. The van der Waals surface area contributed by atoms with E-state index in [-0.39, 0.29) is 44.7 Å². The van der Waals surface area contributed by atoms with Crippen LogP contribution in [-0.2, 0) is 11.3 Å². The van der Waals surface area contributed by atoms with Crippen molar-refractivity contribution in [1.29, 1.82) is 0 Å². The third kappa shape index (κ3) is 5.18. The number of para-hydroxylation sites is 1. The average molecular weight is 563 g/mol. The van der Waals surface area contributed by atoms with Gasteiger partial charge in [0.2, 0.25) is 0 Å². The molecular weight excluding hydrogens is 547 g/mol. The monoisotopic (exact) mass is 562 g/mol. The molecule has 0 N–H and O–H groups in total. The fourth-order valence-corrected chi connectivity index (χ4v) is 4.27. The standard InChI is InChI=1S/C28H16Cl2N2O7/c29-23-13-21-22(14-24(23)30)27(34)31(26(21)33)25-4-2-1-3-20(25)28(35)38-15-16-5-9-18(10-6-16)39-19-11-7-17(8-12-19)32(36)37/h1-14H,15H2. The van der Waals surface area contributed by atoms with Crippen molar-refractivity contribution < 1.29 is 28.8 Å². The van der Waals surface area contributed by atoms with Crippen molar-refractivity contribution in [3.63, 3.8) is 0 Å². The summed E-state index contributed by atoms with van der Waals surface area (Å²) in [5, 5.41) is 11.0. The molecule has 1 heterocycles. The molecule has 0 atom stereocenters. The summed E-state index contributed by atoms with van der Waals surface area (Å²) in [4.78, 5) is 50.3. The molecule has 194 valence electrons. The van der Waals surface area contributed by atoms with E-state index < -0.39 is 22.7 Å². The van der Waals surface area contributed by atoms with Crippen LogP contribution in [-0.4, -0.2) is 22.7 Å². The summed E-state index contributed by atoms with van der Waals surface area (Å²) in [5.41, 5.74) is 0.900. The Morgan fingerprint density at radius 2 is 1.36 bits per heavy atom. The normalized spacial score (nSPS) is 12.3. The fraction of sp³-hybridized carbons (Fsp3) is 0.0357. The summed E-state index contributed by atoms with van der Waals surface area (Å²) in [6.45, 7) is -0.0850. The van der Waals surface area contributed by atoms with Crippen molar-refractivity contribution in [3.8, 4) is 11.5 Å². The molecule has 11 heteroatoms. The van der Waals surface area contributed by atoms with Crippen molar-refractivity contribution >= 4 is 52.4 Å². The van der Waals surface area contributed by atoms with Gasteiger partial charge in [0.15, 0.2) is 0 Å². The molecule has 0 fully saturated rings. The Morgan fingerprint density at radius 1 is 0.821 bits per heavy atom. The van der Waals surface area contributed by atoms with Gasteiger partial charge in [-0.15, -0.1) is 0 Å². The minimum Gasteiger partial charge on any atom is -0.457 e. The number of hydrogen-bond acceptors (Lipinski definition) is 7. The number of amides is 2. The van der Waals surface area contributed by atoms with Gasteiger partial charge in [-0.25, -0.2) is 9.69 Å². The number of nitro benzene ring substituents is 1. The molecule has 0 aliphatic carbocycles. The van der Waals surface area contributed by atoms with Crippen LogP contribution < -0.4 is 9.64 Å². The average Bonchev–Trinajstić information content (AvgIpc) is 3.17. The Bertz CT molecular complexity index is 1600. The minimum atomic E-state index is -0.732. The molecule has 9 nitrogen and oxygen atoms in total. The van der Waals surface area contributed by atoms with Gasteiger partial charge in [-0.1, -0.05) is 47.5 Å². The molecule has 5 rings (SSSR count). The number of hydrogen-bond donors (Lipinski definition) is 0. The van der Waals surface area contributed by atoms with E-state index in [1.807, 2.05) is 0 Å². The molecule has 0 spiro atoms. The topological polar surface area (TPSA) is 116 Å². The maximum Gasteiger partial charge on any atom is 0.340 e. The maximum absolute atomic E-state index is 13.0.